The smallest absolute Gasteiger partial charge is 0.257 e. The molecule has 3 N–H and O–H groups in total. The van der Waals surface area contributed by atoms with E-state index in [9.17, 15) is 22.8 Å². The number of hydrazine groups is 1. The maximum absolute atomic E-state index is 11.8. The summed E-state index contributed by atoms with van der Waals surface area (Å²) in [6.45, 7) is -0.343. The number of nitrogens with one attached hydrogen (secondary N) is 3. The Kier molecular flexibility index (Phi) is 5.79. The van der Waals surface area contributed by atoms with Crippen molar-refractivity contribution >= 4 is 39.2 Å². The SMILES string of the molecule is O=C(CNC(=O)c1ccc(Cl)cc1)NNC(=O)[C@@H]1CCS(=O)(=O)C1. The van der Waals surface area contributed by atoms with Crippen LogP contribution in [0, 0.1) is 5.92 Å². The Morgan fingerprint density at radius 2 is 1.79 bits per heavy atom. The lowest BCUT2D eigenvalue weighted by Crippen LogP contribution is -2.48. The van der Waals surface area contributed by atoms with Crippen LogP contribution in [0.3, 0.4) is 0 Å². The fourth-order valence-corrected chi connectivity index (χ4v) is 4.01. The molecular weight excluding hydrogens is 358 g/mol. The molecule has 1 saturated heterocycles. The number of benzene rings is 1. The van der Waals surface area contributed by atoms with E-state index in [2.05, 4.69) is 16.2 Å². The molecule has 0 aliphatic carbocycles. The average Bonchev–Trinajstić information content (AvgIpc) is 2.91. The molecule has 1 atom stereocenters. The number of carbonyl (C=O) groups excluding carboxylic acids is 3. The molecule has 2 rings (SSSR count). The van der Waals surface area contributed by atoms with E-state index in [1.807, 2.05) is 0 Å². The summed E-state index contributed by atoms with van der Waals surface area (Å²) in [7, 11) is -3.17. The highest BCUT2D eigenvalue weighted by Gasteiger charge is 2.33. The van der Waals surface area contributed by atoms with E-state index in [-0.39, 0.29) is 24.5 Å². The number of hydrogen-bond acceptors (Lipinski definition) is 5. The van der Waals surface area contributed by atoms with Gasteiger partial charge >= 0.3 is 0 Å². The second kappa shape index (κ2) is 7.63. The van der Waals surface area contributed by atoms with Gasteiger partial charge in [0.2, 0.25) is 5.91 Å². The summed E-state index contributed by atoms with van der Waals surface area (Å²) in [5.74, 6) is -2.58. The molecule has 1 fully saturated rings. The zero-order valence-electron chi connectivity index (χ0n) is 12.5. The second-order valence-electron chi connectivity index (χ2n) is 5.33. The Labute approximate surface area is 143 Å². The number of amides is 3. The normalized spacial score (nSPS) is 18.6. The van der Waals surface area contributed by atoms with Gasteiger partial charge in [-0.1, -0.05) is 11.6 Å². The first-order chi connectivity index (χ1) is 11.3. The van der Waals surface area contributed by atoms with Gasteiger partial charge in [0.05, 0.1) is 24.0 Å². The van der Waals surface area contributed by atoms with E-state index in [4.69, 9.17) is 11.6 Å². The van der Waals surface area contributed by atoms with E-state index in [1.54, 1.807) is 12.1 Å². The lowest BCUT2D eigenvalue weighted by molar-refractivity contribution is -0.130. The molecule has 1 aromatic carbocycles. The monoisotopic (exact) mass is 373 g/mol. The van der Waals surface area contributed by atoms with Crippen LogP contribution in [0.25, 0.3) is 0 Å². The van der Waals surface area contributed by atoms with Crippen LogP contribution < -0.4 is 16.2 Å². The van der Waals surface area contributed by atoms with Crippen molar-refractivity contribution in [1.82, 2.24) is 16.2 Å². The van der Waals surface area contributed by atoms with Crippen LogP contribution in [0.1, 0.15) is 16.8 Å². The van der Waals surface area contributed by atoms with E-state index in [0.29, 0.717) is 10.6 Å². The van der Waals surface area contributed by atoms with Gasteiger partial charge in [0, 0.05) is 10.6 Å². The summed E-state index contributed by atoms with van der Waals surface area (Å²) in [6, 6.07) is 6.12. The minimum Gasteiger partial charge on any atom is -0.343 e. The molecule has 0 spiro atoms. The van der Waals surface area contributed by atoms with Crippen molar-refractivity contribution in [2.75, 3.05) is 18.1 Å². The predicted octanol–water partition coefficient (Wildman–Crippen LogP) is -0.348. The van der Waals surface area contributed by atoms with Gasteiger partial charge in [0.15, 0.2) is 9.84 Å². The summed E-state index contributed by atoms with van der Waals surface area (Å²) in [6.07, 6.45) is 0.233. The third-order valence-electron chi connectivity index (χ3n) is 3.44. The third-order valence-corrected chi connectivity index (χ3v) is 5.46. The van der Waals surface area contributed by atoms with Gasteiger partial charge in [-0.15, -0.1) is 0 Å². The highest BCUT2D eigenvalue weighted by molar-refractivity contribution is 7.91. The van der Waals surface area contributed by atoms with Crippen molar-refractivity contribution in [3.8, 4) is 0 Å². The van der Waals surface area contributed by atoms with Crippen molar-refractivity contribution < 1.29 is 22.8 Å². The first-order valence-electron chi connectivity index (χ1n) is 7.10. The number of rotatable bonds is 4. The topological polar surface area (TPSA) is 121 Å². The van der Waals surface area contributed by atoms with E-state index in [1.165, 1.54) is 12.1 Å². The Morgan fingerprint density at radius 3 is 2.38 bits per heavy atom. The molecule has 8 nitrogen and oxygen atoms in total. The Balaban J connectivity index is 1.72. The molecule has 130 valence electrons. The molecule has 1 aliphatic rings. The van der Waals surface area contributed by atoms with E-state index >= 15 is 0 Å². The zero-order valence-corrected chi connectivity index (χ0v) is 14.1. The second-order valence-corrected chi connectivity index (χ2v) is 7.99. The summed E-state index contributed by atoms with van der Waals surface area (Å²) >= 11 is 5.71. The zero-order chi connectivity index (χ0) is 17.7. The lowest BCUT2D eigenvalue weighted by Gasteiger charge is -2.11. The number of carbonyl (C=O) groups is 3. The Hall–Kier alpha value is -2.13. The van der Waals surface area contributed by atoms with Crippen LogP contribution in [0.2, 0.25) is 5.02 Å². The fourth-order valence-electron chi connectivity index (χ4n) is 2.14. The van der Waals surface area contributed by atoms with Crippen LogP contribution in [0.5, 0.6) is 0 Å². The number of halogens is 1. The number of hydrogen-bond donors (Lipinski definition) is 3. The van der Waals surface area contributed by atoms with Crippen molar-refractivity contribution in [2.45, 2.75) is 6.42 Å². The van der Waals surface area contributed by atoms with Crippen LogP contribution in [0.4, 0.5) is 0 Å². The first-order valence-corrected chi connectivity index (χ1v) is 9.30. The summed E-state index contributed by atoms with van der Waals surface area (Å²) in [5, 5.41) is 2.87. The molecule has 0 unspecified atom stereocenters. The standard InChI is InChI=1S/C14H16ClN3O5S/c15-11-3-1-9(2-4-11)13(20)16-7-12(19)17-18-14(21)10-5-6-24(22,23)8-10/h1-4,10H,5-8H2,(H,16,20)(H,17,19)(H,18,21)/t10-/m1/s1. The predicted molar refractivity (Wildman–Crippen MR) is 86.8 cm³/mol. The Bertz CT molecular complexity index is 748. The summed E-state index contributed by atoms with van der Waals surface area (Å²) in [5.41, 5.74) is 4.64. The van der Waals surface area contributed by atoms with Crippen molar-refractivity contribution in [3.05, 3.63) is 34.9 Å². The molecule has 0 aromatic heterocycles. The van der Waals surface area contributed by atoms with E-state index < -0.39 is 33.5 Å². The Morgan fingerprint density at radius 1 is 1.12 bits per heavy atom. The highest BCUT2D eigenvalue weighted by Crippen LogP contribution is 2.17. The van der Waals surface area contributed by atoms with Gasteiger partial charge in [-0.3, -0.25) is 25.2 Å². The van der Waals surface area contributed by atoms with Crippen LogP contribution in [-0.2, 0) is 19.4 Å². The maximum Gasteiger partial charge on any atom is 0.257 e. The van der Waals surface area contributed by atoms with Gasteiger partial charge in [-0.25, -0.2) is 8.42 Å². The molecule has 1 aromatic rings. The van der Waals surface area contributed by atoms with Gasteiger partial charge < -0.3 is 5.32 Å². The van der Waals surface area contributed by atoms with Crippen molar-refractivity contribution in [1.29, 1.82) is 0 Å². The van der Waals surface area contributed by atoms with Gasteiger partial charge in [0.25, 0.3) is 11.8 Å². The summed E-state index contributed by atoms with van der Waals surface area (Å²) in [4.78, 5) is 35.1. The molecule has 24 heavy (non-hydrogen) atoms. The fraction of sp³-hybridized carbons (Fsp3) is 0.357. The summed E-state index contributed by atoms with van der Waals surface area (Å²) < 4.78 is 22.6. The molecule has 0 bridgehead atoms. The van der Waals surface area contributed by atoms with Crippen LogP contribution in [0.15, 0.2) is 24.3 Å². The molecule has 1 aliphatic heterocycles. The maximum atomic E-state index is 11.8. The number of sulfone groups is 1. The first kappa shape index (κ1) is 18.2. The van der Waals surface area contributed by atoms with Gasteiger partial charge in [-0.05, 0) is 30.7 Å². The minimum atomic E-state index is -3.17. The minimum absolute atomic E-state index is 0.0316. The quantitative estimate of drug-likeness (QED) is 0.623. The molecule has 1 heterocycles. The lowest BCUT2D eigenvalue weighted by atomic mass is 10.1. The molecule has 10 heteroatoms. The van der Waals surface area contributed by atoms with Crippen LogP contribution >= 0.6 is 11.6 Å². The molecular formula is C14H16ClN3O5S. The highest BCUT2D eigenvalue weighted by atomic mass is 35.5. The molecule has 0 saturated carbocycles. The third kappa shape index (κ3) is 5.20. The largest absolute Gasteiger partial charge is 0.343 e. The molecule has 0 radical (unpaired) electrons. The van der Waals surface area contributed by atoms with Gasteiger partial charge in [-0.2, -0.15) is 0 Å². The molecule has 3 amide bonds. The average molecular weight is 374 g/mol. The van der Waals surface area contributed by atoms with Crippen molar-refractivity contribution in [2.24, 2.45) is 5.92 Å². The van der Waals surface area contributed by atoms with Crippen LogP contribution in [-0.4, -0.2) is 44.2 Å². The van der Waals surface area contributed by atoms with E-state index in [0.717, 1.165) is 0 Å². The van der Waals surface area contributed by atoms with Crippen molar-refractivity contribution in [3.63, 3.8) is 0 Å². The van der Waals surface area contributed by atoms with Gasteiger partial charge in [0.1, 0.15) is 0 Å².